The number of nitrogens with zero attached hydrogens (tertiary/aromatic N) is 1. The first kappa shape index (κ1) is 20.7. The number of hydrogen-bond acceptors (Lipinski definition) is 3. The lowest BCUT2D eigenvalue weighted by Gasteiger charge is -2.34. The molecule has 4 heteroatoms. The fourth-order valence-corrected chi connectivity index (χ4v) is 4.86. The van der Waals surface area contributed by atoms with Crippen molar-refractivity contribution in [3.63, 3.8) is 0 Å². The molecule has 2 heterocycles. The van der Waals surface area contributed by atoms with Crippen molar-refractivity contribution in [1.82, 2.24) is 0 Å². The molecule has 1 aromatic heterocycles. The summed E-state index contributed by atoms with van der Waals surface area (Å²) in [6.07, 6.45) is 0. The Morgan fingerprint density at radius 2 is 1.66 bits per heavy atom. The SMILES string of the molecule is COc1cc2c(-c3ccccc3)c(C)oc2cc1C[NH+]1CCN(c2ccc(C)cc2)CC1. The van der Waals surface area contributed by atoms with E-state index >= 15 is 0 Å². The van der Waals surface area contributed by atoms with Crippen LogP contribution in [0.4, 0.5) is 5.69 Å². The third-order valence-corrected chi connectivity index (χ3v) is 6.64. The second-order valence-electron chi connectivity index (χ2n) is 8.81. The van der Waals surface area contributed by atoms with E-state index in [0.717, 1.165) is 60.8 Å². The zero-order valence-corrected chi connectivity index (χ0v) is 19.2. The molecule has 1 N–H and O–H groups in total. The van der Waals surface area contributed by atoms with E-state index in [9.17, 15) is 0 Å². The van der Waals surface area contributed by atoms with Gasteiger partial charge in [0.05, 0.1) is 38.9 Å². The molecule has 4 nitrogen and oxygen atoms in total. The Morgan fingerprint density at radius 1 is 0.938 bits per heavy atom. The Labute approximate surface area is 190 Å². The van der Waals surface area contributed by atoms with E-state index in [1.54, 1.807) is 12.0 Å². The maximum Gasteiger partial charge on any atom is 0.135 e. The Balaban J connectivity index is 1.36. The topological polar surface area (TPSA) is 30.1 Å². The lowest BCUT2D eigenvalue weighted by atomic mass is 10.0. The number of nitrogens with one attached hydrogen (secondary N) is 1. The number of benzene rings is 3. The van der Waals surface area contributed by atoms with E-state index in [1.165, 1.54) is 22.4 Å². The maximum absolute atomic E-state index is 6.19. The van der Waals surface area contributed by atoms with Gasteiger partial charge in [0.15, 0.2) is 0 Å². The van der Waals surface area contributed by atoms with Gasteiger partial charge in [-0.15, -0.1) is 0 Å². The van der Waals surface area contributed by atoms with Gasteiger partial charge in [0.1, 0.15) is 23.6 Å². The van der Waals surface area contributed by atoms with Crippen molar-refractivity contribution in [3.8, 4) is 16.9 Å². The van der Waals surface area contributed by atoms with Crippen molar-refractivity contribution in [1.29, 1.82) is 0 Å². The van der Waals surface area contributed by atoms with Crippen LogP contribution in [0.2, 0.25) is 0 Å². The van der Waals surface area contributed by atoms with Crippen molar-refractivity contribution in [2.45, 2.75) is 20.4 Å². The van der Waals surface area contributed by atoms with Crippen LogP contribution in [0.1, 0.15) is 16.9 Å². The predicted molar refractivity (Wildman–Crippen MR) is 131 cm³/mol. The van der Waals surface area contributed by atoms with Crippen molar-refractivity contribution in [2.24, 2.45) is 0 Å². The number of piperazine rings is 1. The molecule has 0 radical (unpaired) electrons. The van der Waals surface area contributed by atoms with E-state index < -0.39 is 0 Å². The molecule has 4 aromatic rings. The summed E-state index contributed by atoms with van der Waals surface area (Å²) in [4.78, 5) is 4.07. The second kappa shape index (κ2) is 8.71. The predicted octanol–water partition coefficient (Wildman–Crippen LogP) is 4.63. The van der Waals surface area contributed by atoms with Gasteiger partial charge in [-0.05, 0) is 43.7 Å². The maximum atomic E-state index is 6.19. The van der Waals surface area contributed by atoms with E-state index in [2.05, 4.69) is 72.5 Å². The molecule has 1 aliphatic rings. The van der Waals surface area contributed by atoms with Crippen LogP contribution in [0.25, 0.3) is 22.1 Å². The minimum atomic E-state index is 0.940. The third kappa shape index (κ3) is 3.98. The molecule has 1 aliphatic heterocycles. The molecule has 0 spiro atoms. The Hall–Kier alpha value is -3.24. The van der Waals surface area contributed by atoms with Crippen LogP contribution in [-0.2, 0) is 6.54 Å². The Bertz CT molecular complexity index is 1200. The van der Waals surface area contributed by atoms with Crippen LogP contribution < -0.4 is 14.5 Å². The van der Waals surface area contributed by atoms with Gasteiger partial charge in [0.25, 0.3) is 0 Å². The number of quaternary nitrogens is 1. The number of hydrogen-bond donors (Lipinski definition) is 1. The van der Waals surface area contributed by atoms with Gasteiger partial charge in [-0.25, -0.2) is 0 Å². The third-order valence-electron chi connectivity index (χ3n) is 6.64. The van der Waals surface area contributed by atoms with Crippen molar-refractivity contribution in [3.05, 3.63) is 83.6 Å². The molecule has 0 saturated carbocycles. The summed E-state index contributed by atoms with van der Waals surface area (Å²) in [6, 6.07) is 23.7. The molecule has 0 aliphatic carbocycles. The number of ether oxygens (including phenoxy) is 1. The summed E-state index contributed by atoms with van der Waals surface area (Å²) < 4.78 is 12.0. The van der Waals surface area contributed by atoms with E-state index in [0.29, 0.717) is 0 Å². The molecule has 0 unspecified atom stereocenters. The minimum absolute atomic E-state index is 0.940. The Morgan fingerprint density at radius 3 is 2.34 bits per heavy atom. The van der Waals surface area contributed by atoms with E-state index in [-0.39, 0.29) is 0 Å². The fraction of sp³-hybridized carbons (Fsp3) is 0.286. The average molecular weight is 428 g/mol. The highest BCUT2D eigenvalue weighted by molar-refractivity contribution is 5.97. The highest BCUT2D eigenvalue weighted by Crippen LogP contribution is 2.37. The van der Waals surface area contributed by atoms with E-state index in [4.69, 9.17) is 9.15 Å². The van der Waals surface area contributed by atoms with Gasteiger partial charge in [-0.1, -0.05) is 48.0 Å². The van der Waals surface area contributed by atoms with Crippen molar-refractivity contribution >= 4 is 16.7 Å². The zero-order valence-electron chi connectivity index (χ0n) is 19.2. The summed E-state index contributed by atoms with van der Waals surface area (Å²) in [5, 5.41) is 1.12. The van der Waals surface area contributed by atoms with Gasteiger partial charge >= 0.3 is 0 Å². The van der Waals surface area contributed by atoms with Crippen LogP contribution in [0.15, 0.2) is 71.1 Å². The van der Waals surface area contributed by atoms with Gasteiger partial charge in [-0.2, -0.15) is 0 Å². The van der Waals surface area contributed by atoms with Crippen molar-refractivity contribution < 1.29 is 14.1 Å². The first-order valence-electron chi connectivity index (χ1n) is 11.4. The Kier molecular flexibility index (Phi) is 5.62. The highest BCUT2D eigenvalue weighted by Gasteiger charge is 2.23. The summed E-state index contributed by atoms with van der Waals surface area (Å²) in [6.45, 7) is 9.50. The largest absolute Gasteiger partial charge is 0.496 e. The number of methoxy groups -OCH3 is 1. The lowest BCUT2D eigenvalue weighted by Crippen LogP contribution is -3.13. The number of aryl methyl sites for hydroxylation is 2. The molecule has 32 heavy (non-hydrogen) atoms. The van der Waals surface area contributed by atoms with Crippen molar-refractivity contribution in [2.75, 3.05) is 38.2 Å². The summed E-state index contributed by atoms with van der Waals surface area (Å²) in [5.74, 6) is 1.90. The van der Waals surface area contributed by atoms with Gasteiger partial charge in [0, 0.05) is 16.6 Å². The molecular weight excluding hydrogens is 396 g/mol. The first-order chi connectivity index (χ1) is 15.6. The molecule has 0 atom stereocenters. The molecule has 3 aromatic carbocycles. The van der Waals surface area contributed by atoms with E-state index in [1.807, 2.05) is 13.0 Å². The quantitative estimate of drug-likeness (QED) is 0.504. The summed E-state index contributed by atoms with van der Waals surface area (Å²) >= 11 is 0. The number of furan rings is 1. The number of fused-ring (bicyclic) bond motifs is 1. The molecular formula is C28H31N2O2+. The molecule has 1 fully saturated rings. The molecule has 164 valence electrons. The smallest absolute Gasteiger partial charge is 0.135 e. The fourth-order valence-electron chi connectivity index (χ4n) is 4.86. The summed E-state index contributed by atoms with van der Waals surface area (Å²) in [7, 11) is 1.77. The number of rotatable bonds is 5. The molecule has 0 bridgehead atoms. The average Bonchev–Trinajstić information content (AvgIpc) is 3.14. The van der Waals surface area contributed by atoms with Gasteiger partial charge < -0.3 is 19.0 Å². The molecule has 0 amide bonds. The minimum Gasteiger partial charge on any atom is -0.496 e. The van der Waals surface area contributed by atoms with Crippen LogP contribution in [-0.4, -0.2) is 33.3 Å². The normalized spacial score (nSPS) is 14.8. The van der Waals surface area contributed by atoms with Crippen LogP contribution in [0.5, 0.6) is 5.75 Å². The van der Waals surface area contributed by atoms with Crippen LogP contribution in [0.3, 0.4) is 0 Å². The second-order valence-corrected chi connectivity index (χ2v) is 8.81. The standard InChI is InChI=1S/C28H30N2O2/c1-20-9-11-24(12-10-20)30-15-13-29(14-16-30)19-23-17-27-25(18-26(23)31-3)28(21(2)32-27)22-7-5-4-6-8-22/h4-12,17-18H,13-16,19H2,1-3H3/p+1. The monoisotopic (exact) mass is 427 g/mol. The van der Waals surface area contributed by atoms with Crippen LogP contribution in [0, 0.1) is 13.8 Å². The number of anilines is 1. The summed E-state index contributed by atoms with van der Waals surface area (Å²) in [5.41, 5.74) is 7.13. The van der Waals surface area contributed by atoms with Crippen LogP contribution >= 0.6 is 0 Å². The van der Waals surface area contributed by atoms with Gasteiger partial charge in [-0.3, -0.25) is 0 Å². The lowest BCUT2D eigenvalue weighted by molar-refractivity contribution is -0.914. The highest BCUT2D eigenvalue weighted by atomic mass is 16.5. The van der Waals surface area contributed by atoms with Gasteiger partial charge in [0.2, 0.25) is 0 Å². The zero-order chi connectivity index (χ0) is 22.1. The molecule has 1 saturated heterocycles. The first-order valence-corrected chi connectivity index (χ1v) is 11.4. The molecule has 5 rings (SSSR count).